The van der Waals surface area contributed by atoms with Gasteiger partial charge in [0.05, 0.1) is 10.7 Å². The van der Waals surface area contributed by atoms with Crippen molar-refractivity contribution >= 4 is 29.5 Å². The van der Waals surface area contributed by atoms with E-state index in [1.807, 2.05) is 6.08 Å². The summed E-state index contributed by atoms with van der Waals surface area (Å²) in [4.78, 5) is 23.9. The number of aromatic nitrogens is 3. The third kappa shape index (κ3) is 3.48. The number of carbonyl (C=O) groups is 1. The van der Waals surface area contributed by atoms with E-state index < -0.39 is 5.97 Å². The Balaban J connectivity index is 2.19. The normalized spacial score (nSPS) is 11.9. The fourth-order valence-electron chi connectivity index (χ4n) is 1.46. The molecule has 0 saturated carbocycles. The van der Waals surface area contributed by atoms with Gasteiger partial charge in [-0.3, -0.25) is 0 Å². The smallest absolute Gasteiger partial charge is 0.354 e. The van der Waals surface area contributed by atoms with Crippen LogP contribution in [0.2, 0.25) is 0 Å². The van der Waals surface area contributed by atoms with Gasteiger partial charge in [0.25, 0.3) is 0 Å². The van der Waals surface area contributed by atoms with Gasteiger partial charge < -0.3 is 5.11 Å². The zero-order chi connectivity index (χ0) is 14.8. The Kier molecular flexibility index (Phi) is 3.94. The van der Waals surface area contributed by atoms with Gasteiger partial charge in [0.15, 0.2) is 5.69 Å². The number of hydrogen-bond donors (Lipinski definition) is 1. The van der Waals surface area contributed by atoms with Gasteiger partial charge in [-0.25, -0.2) is 19.7 Å². The average molecular weight is 289 g/mol. The molecule has 1 N–H and O–H groups in total. The molecule has 2 aromatic heterocycles. The van der Waals surface area contributed by atoms with Crippen LogP contribution in [0.5, 0.6) is 0 Å². The summed E-state index contributed by atoms with van der Waals surface area (Å²) in [6.45, 7) is 6.34. The van der Waals surface area contributed by atoms with E-state index in [4.69, 9.17) is 5.11 Å². The number of carboxylic acid groups (broad SMARTS) is 1. The Hall–Kier alpha value is -2.08. The summed E-state index contributed by atoms with van der Waals surface area (Å²) in [6, 6.07) is 1.44. The molecule has 0 atom stereocenters. The van der Waals surface area contributed by atoms with Crippen LogP contribution < -0.4 is 0 Å². The molecule has 20 heavy (non-hydrogen) atoms. The number of nitrogens with zero attached hydrogens (tertiary/aromatic N) is 3. The Morgan fingerprint density at radius 2 is 2.00 bits per heavy atom. The van der Waals surface area contributed by atoms with Crippen molar-refractivity contribution in [3.05, 3.63) is 39.9 Å². The standard InChI is InChI=1S/C14H15N3O2S/c1-14(2,3)13-15-7-10(20-13)5-4-9-6-11(12(18)19)17-8-16-9/h4-8H,1-3H3,(H,18,19). The van der Waals surface area contributed by atoms with Gasteiger partial charge in [0, 0.05) is 16.5 Å². The molecule has 0 aliphatic heterocycles. The predicted octanol–water partition coefficient (Wildman–Crippen LogP) is 3.10. The lowest BCUT2D eigenvalue weighted by Gasteiger charge is -2.13. The van der Waals surface area contributed by atoms with Crippen molar-refractivity contribution in [3.8, 4) is 0 Å². The van der Waals surface area contributed by atoms with E-state index in [1.54, 1.807) is 23.6 Å². The fourth-order valence-corrected chi connectivity index (χ4v) is 2.33. The van der Waals surface area contributed by atoms with Crippen molar-refractivity contribution in [3.63, 3.8) is 0 Å². The number of aromatic carboxylic acids is 1. The van der Waals surface area contributed by atoms with Gasteiger partial charge in [-0.2, -0.15) is 0 Å². The Labute approximate surface area is 121 Å². The van der Waals surface area contributed by atoms with Crippen LogP contribution in [-0.4, -0.2) is 26.0 Å². The first-order valence-corrected chi connectivity index (χ1v) is 6.87. The molecule has 104 valence electrons. The molecule has 0 amide bonds. The van der Waals surface area contributed by atoms with Crippen LogP contribution in [0.3, 0.4) is 0 Å². The van der Waals surface area contributed by atoms with E-state index in [0.717, 1.165) is 9.88 Å². The van der Waals surface area contributed by atoms with Crippen LogP contribution in [0.25, 0.3) is 12.2 Å². The molecule has 0 radical (unpaired) electrons. The molecule has 0 aliphatic rings. The molecular weight excluding hydrogens is 274 g/mol. The first-order chi connectivity index (χ1) is 9.36. The van der Waals surface area contributed by atoms with Crippen molar-refractivity contribution in [1.29, 1.82) is 0 Å². The van der Waals surface area contributed by atoms with Gasteiger partial charge in [-0.15, -0.1) is 11.3 Å². The van der Waals surface area contributed by atoms with Crippen molar-refractivity contribution in [2.24, 2.45) is 0 Å². The number of thiazole rings is 1. The van der Waals surface area contributed by atoms with Crippen LogP contribution in [0.4, 0.5) is 0 Å². The lowest BCUT2D eigenvalue weighted by Crippen LogP contribution is -2.09. The summed E-state index contributed by atoms with van der Waals surface area (Å²) in [7, 11) is 0. The minimum absolute atomic E-state index is 0.0145. The van der Waals surface area contributed by atoms with E-state index in [9.17, 15) is 4.79 Å². The van der Waals surface area contributed by atoms with Crippen molar-refractivity contribution < 1.29 is 9.90 Å². The minimum Gasteiger partial charge on any atom is -0.477 e. The fraction of sp³-hybridized carbons (Fsp3) is 0.286. The van der Waals surface area contributed by atoms with E-state index in [0.29, 0.717) is 5.69 Å². The molecular formula is C14H15N3O2S. The number of hydrogen-bond acceptors (Lipinski definition) is 5. The maximum atomic E-state index is 10.8. The number of rotatable bonds is 3. The maximum Gasteiger partial charge on any atom is 0.354 e. The Morgan fingerprint density at radius 3 is 2.60 bits per heavy atom. The average Bonchev–Trinajstić information content (AvgIpc) is 2.85. The predicted molar refractivity (Wildman–Crippen MR) is 78.7 cm³/mol. The molecule has 0 saturated heterocycles. The van der Waals surface area contributed by atoms with E-state index in [2.05, 4.69) is 35.7 Å². The van der Waals surface area contributed by atoms with E-state index in [1.165, 1.54) is 12.4 Å². The first kappa shape index (κ1) is 14.3. The molecule has 5 nitrogen and oxygen atoms in total. The van der Waals surface area contributed by atoms with E-state index in [-0.39, 0.29) is 11.1 Å². The molecule has 2 rings (SSSR count). The molecule has 2 heterocycles. The highest BCUT2D eigenvalue weighted by atomic mass is 32.1. The summed E-state index contributed by atoms with van der Waals surface area (Å²) in [5, 5.41) is 9.93. The zero-order valence-corrected chi connectivity index (χ0v) is 12.3. The van der Waals surface area contributed by atoms with Crippen LogP contribution in [0.1, 0.15) is 46.8 Å². The quantitative estimate of drug-likeness (QED) is 0.939. The van der Waals surface area contributed by atoms with Gasteiger partial charge in [-0.1, -0.05) is 20.8 Å². The molecule has 6 heteroatoms. The minimum atomic E-state index is -1.06. The monoisotopic (exact) mass is 289 g/mol. The SMILES string of the molecule is CC(C)(C)c1ncc(C=Cc2cc(C(=O)O)ncn2)s1. The first-order valence-electron chi connectivity index (χ1n) is 6.06. The van der Waals surface area contributed by atoms with Crippen LogP contribution in [0, 0.1) is 0 Å². The van der Waals surface area contributed by atoms with E-state index >= 15 is 0 Å². The summed E-state index contributed by atoms with van der Waals surface area (Å²) in [5.41, 5.74) is 0.574. The third-order valence-corrected chi connectivity index (χ3v) is 3.88. The Bertz CT molecular complexity index is 656. The van der Waals surface area contributed by atoms with Gasteiger partial charge in [0.1, 0.15) is 6.33 Å². The van der Waals surface area contributed by atoms with Crippen molar-refractivity contribution in [2.45, 2.75) is 26.2 Å². The summed E-state index contributed by atoms with van der Waals surface area (Å²) < 4.78 is 0. The highest BCUT2D eigenvalue weighted by Gasteiger charge is 2.17. The van der Waals surface area contributed by atoms with Crippen LogP contribution in [0.15, 0.2) is 18.6 Å². The molecule has 0 aromatic carbocycles. The topological polar surface area (TPSA) is 76.0 Å². The van der Waals surface area contributed by atoms with Gasteiger partial charge in [0.2, 0.25) is 0 Å². The molecule has 0 spiro atoms. The molecule has 0 aliphatic carbocycles. The lowest BCUT2D eigenvalue weighted by atomic mass is 9.98. The van der Waals surface area contributed by atoms with Crippen molar-refractivity contribution in [2.75, 3.05) is 0 Å². The second-order valence-corrected chi connectivity index (χ2v) is 6.35. The summed E-state index contributed by atoms with van der Waals surface area (Å²) >= 11 is 1.61. The van der Waals surface area contributed by atoms with Crippen LogP contribution >= 0.6 is 11.3 Å². The highest BCUT2D eigenvalue weighted by Crippen LogP contribution is 2.27. The van der Waals surface area contributed by atoms with Crippen LogP contribution in [-0.2, 0) is 5.41 Å². The summed E-state index contributed by atoms with van der Waals surface area (Å²) in [6.07, 6.45) is 6.69. The van der Waals surface area contributed by atoms with Gasteiger partial charge in [-0.05, 0) is 18.2 Å². The third-order valence-electron chi connectivity index (χ3n) is 2.49. The zero-order valence-electron chi connectivity index (χ0n) is 11.5. The lowest BCUT2D eigenvalue weighted by molar-refractivity contribution is 0.0690. The second-order valence-electron chi connectivity index (χ2n) is 5.28. The van der Waals surface area contributed by atoms with Crippen molar-refractivity contribution in [1.82, 2.24) is 15.0 Å². The molecule has 0 unspecified atom stereocenters. The molecule has 0 bridgehead atoms. The maximum absolute atomic E-state index is 10.8. The summed E-state index contributed by atoms with van der Waals surface area (Å²) in [5.74, 6) is -1.06. The number of carboxylic acids is 1. The molecule has 2 aromatic rings. The largest absolute Gasteiger partial charge is 0.477 e. The molecule has 0 fully saturated rings. The Morgan fingerprint density at radius 1 is 1.25 bits per heavy atom. The second kappa shape index (κ2) is 5.50. The highest BCUT2D eigenvalue weighted by molar-refractivity contribution is 7.12. The van der Waals surface area contributed by atoms with Gasteiger partial charge >= 0.3 is 5.97 Å².